The highest BCUT2D eigenvalue weighted by molar-refractivity contribution is 7.13. The predicted octanol–water partition coefficient (Wildman–Crippen LogP) is 8.23. The van der Waals surface area contributed by atoms with Gasteiger partial charge in [0.05, 0.1) is 46.7 Å². The lowest BCUT2D eigenvalue weighted by Gasteiger charge is -2.42. The number of thiazole rings is 1. The van der Waals surface area contributed by atoms with Crippen molar-refractivity contribution in [2.75, 3.05) is 32.9 Å². The van der Waals surface area contributed by atoms with Gasteiger partial charge in [-0.3, -0.25) is 24.3 Å². The van der Waals surface area contributed by atoms with Crippen molar-refractivity contribution in [2.24, 2.45) is 5.41 Å². The van der Waals surface area contributed by atoms with Crippen LogP contribution < -0.4 is 15.4 Å². The second kappa shape index (κ2) is 21.8. The van der Waals surface area contributed by atoms with Crippen LogP contribution in [-0.4, -0.2) is 110 Å². The first-order valence-corrected chi connectivity index (χ1v) is 24.6. The number of aliphatic hydroxyl groups is 1. The number of pyridine rings is 1. The Morgan fingerprint density at radius 2 is 1.70 bits per heavy atom. The van der Waals surface area contributed by atoms with Crippen molar-refractivity contribution in [2.45, 2.75) is 136 Å². The minimum absolute atomic E-state index is 0.00403. The number of alkyl halides is 1. The standard InChI is InChI=1S/C52H68FN7O6S/c1-33-25-40-39-15-11-12-16-41(39)57-45(40)46(60(33)31-52(6,7)53)42-22-21-38(28-54-42)66-24-14-10-8-9-13-23-65-30-44(62)58-48(51(3,4)5)50(64)59-29-37(61)26-43(59)49(63)55-27-35-17-19-36(20-18-35)47-34(2)56-32-67-47/h11-12,15-22,28,32-33,37,43,46,48,57,61H,8-10,13-14,23-27,29-31H2,1-7H3,(H,55,63)(H,58,62)/t33-,37-,43+,46-,48?/m1/s1. The van der Waals surface area contributed by atoms with Crippen molar-refractivity contribution in [3.63, 3.8) is 0 Å². The van der Waals surface area contributed by atoms with Gasteiger partial charge in [-0.25, -0.2) is 9.37 Å². The first-order valence-electron chi connectivity index (χ1n) is 23.7. The fraction of sp³-hybridized carbons (Fsp3) is 0.519. The van der Waals surface area contributed by atoms with E-state index in [4.69, 9.17) is 14.5 Å². The van der Waals surface area contributed by atoms with Crippen molar-refractivity contribution in [3.8, 4) is 16.2 Å². The van der Waals surface area contributed by atoms with Gasteiger partial charge in [0, 0.05) is 55.3 Å². The van der Waals surface area contributed by atoms with E-state index in [1.54, 1.807) is 31.4 Å². The minimum atomic E-state index is -1.37. The number of ether oxygens (including phenoxy) is 2. The number of carbonyl (C=O) groups is 3. The Hall–Kier alpha value is -5.22. The molecule has 0 bridgehead atoms. The molecule has 0 saturated carbocycles. The molecule has 1 saturated heterocycles. The summed E-state index contributed by atoms with van der Waals surface area (Å²) in [4.78, 5) is 58.0. The summed E-state index contributed by atoms with van der Waals surface area (Å²) in [7, 11) is 0. The van der Waals surface area contributed by atoms with E-state index in [2.05, 4.69) is 50.6 Å². The molecule has 0 radical (unpaired) electrons. The van der Waals surface area contributed by atoms with Crippen molar-refractivity contribution in [3.05, 3.63) is 101 Å². The molecule has 0 spiro atoms. The summed E-state index contributed by atoms with van der Waals surface area (Å²) in [5.74, 6) is -0.484. The molecular weight excluding hydrogens is 870 g/mol. The van der Waals surface area contributed by atoms with E-state index in [-0.39, 0.29) is 44.1 Å². The fourth-order valence-electron chi connectivity index (χ4n) is 9.32. The third kappa shape index (κ3) is 12.7. The topological polar surface area (TPSA) is 162 Å². The van der Waals surface area contributed by atoms with Crippen LogP contribution in [0, 0.1) is 12.3 Å². The first kappa shape index (κ1) is 49.7. The molecule has 3 amide bonds. The maximum absolute atomic E-state index is 15.1. The lowest BCUT2D eigenvalue weighted by molar-refractivity contribution is -0.144. The Morgan fingerprint density at radius 3 is 2.39 bits per heavy atom. The number of unbranched alkanes of at least 4 members (excludes halogenated alkanes) is 4. The zero-order chi connectivity index (χ0) is 47.9. The van der Waals surface area contributed by atoms with E-state index in [0.717, 1.165) is 77.1 Å². The Bertz CT molecular complexity index is 2440. The number of rotatable bonds is 20. The SMILES string of the molecule is Cc1ncsc1-c1ccc(CNC(=O)[C@@H]2C[C@@H](O)CN2C(=O)C(NC(=O)COCCCCCCCOc2ccc([C@@H]3c4[nH]c5ccccc5c4C[C@@H](C)N3CC(C)(C)F)nc2)C(C)(C)C)cc1. The summed E-state index contributed by atoms with van der Waals surface area (Å²) in [5, 5.41) is 17.6. The Labute approximate surface area is 398 Å². The van der Waals surface area contributed by atoms with Gasteiger partial charge in [0.15, 0.2) is 0 Å². The number of β-amino-alcohol motifs (C(OH)–C–C–N with tert-alkyl or cyclic N) is 1. The largest absolute Gasteiger partial charge is 0.492 e. The number of aromatic amines is 1. The second-order valence-electron chi connectivity index (χ2n) is 19.9. The number of likely N-dealkylation sites (tertiary alicyclic amines) is 1. The van der Waals surface area contributed by atoms with Crippen LogP contribution in [0.25, 0.3) is 21.3 Å². The van der Waals surface area contributed by atoms with Crippen LogP contribution in [-0.2, 0) is 32.1 Å². The highest BCUT2D eigenvalue weighted by atomic mass is 32.1. The molecule has 360 valence electrons. The number of benzene rings is 2. The number of aromatic nitrogens is 3. The second-order valence-corrected chi connectivity index (χ2v) is 20.8. The smallest absolute Gasteiger partial charge is 0.246 e. The molecule has 2 aliphatic heterocycles. The number of para-hydroxylation sites is 1. The first-order chi connectivity index (χ1) is 32.0. The lowest BCUT2D eigenvalue weighted by atomic mass is 9.85. The highest BCUT2D eigenvalue weighted by Gasteiger charge is 2.45. The molecule has 2 aliphatic rings. The van der Waals surface area contributed by atoms with Crippen molar-refractivity contribution in [1.29, 1.82) is 0 Å². The zero-order valence-corrected chi connectivity index (χ0v) is 40.9. The van der Waals surface area contributed by atoms with E-state index in [1.165, 1.54) is 15.8 Å². The monoisotopic (exact) mass is 937 g/mol. The number of nitrogens with zero attached hydrogens (tertiary/aromatic N) is 4. The number of halogens is 1. The van der Waals surface area contributed by atoms with Crippen LogP contribution in [0.5, 0.6) is 5.75 Å². The molecule has 5 aromatic rings. The van der Waals surface area contributed by atoms with Gasteiger partial charge in [-0.2, -0.15) is 0 Å². The molecule has 0 aliphatic carbocycles. The number of H-pyrrole nitrogens is 1. The van der Waals surface area contributed by atoms with E-state index in [1.807, 2.05) is 75.7 Å². The molecule has 4 N–H and O–H groups in total. The third-order valence-electron chi connectivity index (χ3n) is 12.8. The van der Waals surface area contributed by atoms with Crippen LogP contribution in [0.3, 0.4) is 0 Å². The Balaban J connectivity index is 0.803. The van der Waals surface area contributed by atoms with E-state index >= 15 is 4.39 Å². The molecule has 5 atom stereocenters. The van der Waals surface area contributed by atoms with Crippen LogP contribution in [0.15, 0.2) is 72.4 Å². The van der Waals surface area contributed by atoms with Crippen LogP contribution in [0.1, 0.15) is 114 Å². The molecule has 1 fully saturated rings. The van der Waals surface area contributed by atoms with E-state index < -0.39 is 41.1 Å². The molecule has 2 aromatic carbocycles. The Morgan fingerprint density at radius 1 is 0.970 bits per heavy atom. The molecule has 67 heavy (non-hydrogen) atoms. The molecule has 3 aromatic heterocycles. The van der Waals surface area contributed by atoms with Crippen molar-refractivity contribution < 1.29 is 33.4 Å². The molecule has 5 heterocycles. The van der Waals surface area contributed by atoms with Gasteiger partial charge >= 0.3 is 0 Å². The summed E-state index contributed by atoms with van der Waals surface area (Å²) >= 11 is 1.58. The number of nitrogens with one attached hydrogen (secondary N) is 3. The predicted molar refractivity (Wildman–Crippen MR) is 260 cm³/mol. The normalized spacial score (nSPS) is 19.3. The van der Waals surface area contributed by atoms with E-state index in [0.29, 0.717) is 25.5 Å². The van der Waals surface area contributed by atoms with E-state index in [9.17, 15) is 19.5 Å². The number of amides is 3. The maximum Gasteiger partial charge on any atom is 0.246 e. The average Bonchev–Trinajstić information content (AvgIpc) is 4.01. The van der Waals surface area contributed by atoms with Gasteiger partial charge in [-0.05, 0) is 87.3 Å². The number of hydrogen-bond donors (Lipinski definition) is 4. The summed E-state index contributed by atoms with van der Waals surface area (Å²) < 4.78 is 26.9. The molecular formula is C52H68FN7O6S. The van der Waals surface area contributed by atoms with Crippen molar-refractivity contribution >= 4 is 40.0 Å². The third-order valence-corrected chi connectivity index (χ3v) is 13.7. The molecule has 15 heteroatoms. The number of aryl methyl sites for hydroxylation is 1. The van der Waals surface area contributed by atoms with Gasteiger partial charge in [-0.1, -0.05) is 82.5 Å². The van der Waals surface area contributed by atoms with Crippen molar-refractivity contribution in [1.82, 2.24) is 35.4 Å². The summed E-state index contributed by atoms with van der Waals surface area (Å²) in [5.41, 5.74) is 7.00. The van der Waals surface area contributed by atoms with Gasteiger partial charge < -0.3 is 35.1 Å². The number of fused-ring (bicyclic) bond motifs is 3. The van der Waals surface area contributed by atoms with Gasteiger partial charge in [0.25, 0.3) is 0 Å². The lowest BCUT2D eigenvalue weighted by Crippen LogP contribution is -2.58. The summed E-state index contributed by atoms with van der Waals surface area (Å²) in [6, 6.07) is 18.3. The zero-order valence-electron chi connectivity index (χ0n) is 40.1. The quantitative estimate of drug-likeness (QED) is 0.0564. The minimum Gasteiger partial charge on any atom is -0.492 e. The average molecular weight is 938 g/mol. The van der Waals surface area contributed by atoms with Gasteiger partial charge in [-0.15, -0.1) is 11.3 Å². The maximum atomic E-state index is 15.1. The van der Waals surface area contributed by atoms with Gasteiger partial charge in [0.2, 0.25) is 17.7 Å². The van der Waals surface area contributed by atoms with Crippen LogP contribution in [0.2, 0.25) is 0 Å². The Kier molecular flexibility index (Phi) is 16.2. The fourth-order valence-corrected chi connectivity index (χ4v) is 10.1. The van der Waals surface area contributed by atoms with Crippen LogP contribution >= 0.6 is 11.3 Å². The number of hydrogen-bond acceptors (Lipinski definition) is 10. The molecule has 1 unspecified atom stereocenters. The van der Waals surface area contributed by atoms with Crippen LogP contribution in [0.4, 0.5) is 4.39 Å². The molecule has 7 rings (SSSR count). The summed E-state index contributed by atoms with van der Waals surface area (Å²) in [6.07, 6.45) is 6.42. The highest BCUT2D eigenvalue weighted by Crippen LogP contribution is 2.41. The molecule has 13 nitrogen and oxygen atoms in total. The number of carbonyl (C=O) groups excluding carboxylic acids is 3. The summed E-state index contributed by atoms with van der Waals surface area (Å²) in [6.45, 7) is 14.3. The van der Waals surface area contributed by atoms with Gasteiger partial charge in [0.1, 0.15) is 30.1 Å². The number of aliphatic hydroxyl groups excluding tert-OH is 1.